The Morgan fingerprint density at radius 2 is 1.00 bits per heavy atom. The average Bonchev–Trinajstić information content (AvgIpc) is 3.55. The van der Waals surface area contributed by atoms with Gasteiger partial charge in [0.1, 0.15) is 0 Å². The summed E-state index contributed by atoms with van der Waals surface area (Å²) in [5.41, 5.74) is 5.79. The van der Waals surface area contributed by atoms with Crippen LogP contribution < -0.4 is 4.90 Å². The number of hydrogen-bond acceptors (Lipinski definition) is 3. The first-order chi connectivity index (χ1) is 19.7. The lowest BCUT2D eigenvalue weighted by molar-refractivity contribution is 1.29. The monoisotopic (exact) mass is 611 g/mol. The van der Waals surface area contributed by atoms with Gasteiger partial charge in [0.05, 0.1) is 0 Å². The summed E-state index contributed by atoms with van der Waals surface area (Å²) in [6.07, 6.45) is 0. The van der Waals surface area contributed by atoms with E-state index in [-0.39, 0.29) is 0 Å². The molecule has 4 heteroatoms. The van der Waals surface area contributed by atoms with Crippen LogP contribution >= 0.6 is 38.6 Å². The van der Waals surface area contributed by atoms with E-state index in [9.17, 15) is 0 Å². The summed E-state index contributed by atoms with van der Waals surface area (Å²) in [7, 11) is 0. The van der Waals surface area contributed by atoms with Crippen molar-refractivity contribution in [2.24, 2.45) is 0 Å². The van der Waals surface area contributed by atoms with Crippen molar-refractivity contribution in [2.45, 2.75) is 0 Å². The van der Waals surface area contributed by atoms with Crippen LogP contribution in [0.25, 0.3) is 51.5 Å². The van der Waals surface area contributed by atoms with E-state index in [1.54, 1.807) is 0 Å². The van der Waals surface area contributed by atoms with Gasteiger partial charge in [0.15, 0.2) is 0 Å². The molecule has 2 aromatic heterocycles. The Labute approximate surface area is 248 Å². The maximum absolute atomic E-state index is 3.85. The molecule has 40 heavy (non-hydrogen) atoms. The lowest BCUT2D eigenvalue weighted by Gasteiger charge is -2.26. The zero-order chi connectivity index (χ0) is 26.6. The van der Waals surface area contributed by atoms with Crippen LogP contribution in [0, 0.1) is 0 Å². The maximum Gasteiger partial charge on any atom is 0.0479 e. The van der Waals surface area contributed by atoms with Gasteiger partial charge in [-0.3, -0.25) is 0 Å². The third-order valence-electron chi connectivity index (χ3n) is 7.48. The second-order valence-corrected chi connectivity index (χ2v) is 13.0. The van der Waals surface area contributed by atoms with E-state index in [0.717, 1.165) is 21.5 Å². The topological polar surface area (TPSA) is 3.24 Å². The van der Waals surface area contributed by atoms with Gasteiger partial charge < -0.3 is 4.90 Å². The minimum Gasteiger partial charge on any atom is -0.310 e. The molecular formula is C36H22BrNS2. The van der Waals surface area contributed by atoms with Crippen molar-refractivity contribution in [3.05, 3.63) is 138 Å². The molecule has 0 atom stereocenters. The van der Waals surface area contributed by atoms with Crippen molar-refractivity contribution in [3.8, 4) is 11.1 Å². The summed E-state index contributed by atoms with van der Waals surface area (Å²) in [5.74, 6) is 0. The Bertz CT molecular complexity index is 2190. The quantitative estimate of drug-likeness (QED) is 0.191. The molecule has 0 bridgehead atoms. The molecule has 2 heterocycles. The average molecular weight is 613 g/mol. The number of fused-ring (bicyclic) bond motifs is 6. The van der Waals surface area contributed by atoms with Crippen molar-refractivity contribution >= 4 is 96.0 Å². The highest BCUT2D eigenvalue weighted by molar-refractivity contribution is 9.10. The normalized spacial score (nSPS) is 11.6. The Hall–Kier alpha value is -3.96. The molecule has 0 amide bonds. The van der Waals surface area contributed by atoms with Crippen LogP contribution in [0.1, 0.15) is 0 Å². The maximum atomic E-state index is 3.85. The fourth-order valence-corrected chi connectivity index (χ4v) is 8.31. The molecule has 0 unspecified atom stereocenters. The Morgan fingerprint density at radius 1 is 0.400 bits per heavy atom. The third kappa shape index (κ3) is 4.03. The number of benzene rings is 6. The minimum absolute atomic E-state index is 1.05. The number of nitrogens with zero attached hydrogens (tertiary/aromatic N) is 1. The van der Waals surface area contributed by atoms with Crippen LogP contribution in [0.15, 0.2) is 138 Å². The first kappa shape index (κ1) is 23.9. The van der Waals surface area contributed by atoms with E-state index in [0.29, 0.717) is 0 Å². The van der Waals surface area contributed by atoms with E-state index in [1.165, 1.54) is 51.5 Å². The van der Waals surface area contributed by atoms with E-state index in [2.05, 4.69) is 154 Å². The molecule has 0 aliphatic carbocycles. The molecule has 0 aliphatic heterocycles. The molecule has 0 aliphatic rings. The van der Waals surface area contributed by atoms with E-state index < -0.39 is 0 Å². The fourth-order valence-electron chi connectivity index (χ4n) is 5.65. The van der Waals surface area contributed by atoms with E-state index in [4.69, 9.17) is 0 Å². The molecule has 190 valence electrons. The van der Waals surface area contributed by atoms with Gasteiger partial charge in [-0.05, 0) is 83.9 Å². The highest BCUT2D eigenvalue weighted by atomic mass is 79.9. The molecule has 0 radical (unpaired) electrons. The van der Waals surface area contributed by atoms with Crippen molar-refractivity contribution < 1.29 is 0 Å². The van der Waals surface area contributed by atoms with Gasteiger partial charge in [0, 0.05) is 61.9 Å². The zero-order valence-corrected chi connectivity index (χ0v) is 24.6. The lowest BCUT2D eigenvalue weighted by Crippen LogP contribution is -2.10. The number of para-hydroxylation sites is 1. The second-order valence-electron chi connectivity index (χ2n) is 9.96. The fraction of sp³-hybridized carbons (Fsp3) is 0. The van der Waals surface area contributed by atoms with Gasteiger partial charge in [-0.25, -0.2) is 0 Å². The highest BCUT2D eigenvalue weighted by Crippen LogP contribution is 2.43. The predicted octanol–water partition coefficient (Wildman–Crippen LogP) is 12.3. The minimum atomic E-state index is 1.05. The van der Waals surface area contributed by atoms with E-state index in [1.807, 2.05) is 22.7 Å². The molecule has 0 N–H and O–H groups in total. The predicted molar refractivity (Wildman–Crippen MR) is 180 cm³/mol. The molecule has 0 fully saturated rings. The number of hydrogen-bond donors (Lipinski definition) is 0. The van der Waals surface area contributed by atoms with Crippen LogP contribution in [-0.4, -0.2) is 0 Å². The molecule has 0 spiro atoms. The number of anilines is 3. The van der Waals surface area contributed by atoms with Crippen LogP contribution in [0.4, 0.5) is 17.1 Å². The second kappa shape index (κ2) is 9.60. The van der Waals surface area contributed by atoms with Gasteiger partial charge in [-0.2, -0.15) is 0 Å². The van der Waals surface area contributed by atoms with Crippen molar-refractivity contribution in [2.75, 3.05) is 4.90 Å². The van der Waals surface area contributed by atoms with Crippen LogP contribution in [-0.2, 0) is 0 Å². The summed E-state index contributed by atoms with van der Waals surface area (Å²) >= 11 is 7.56. The molecule has 0 saturated carbocycles. The third-order valence-corrected chi connectivity index (χ3v) is 10.2. The Kier molecular flexibility index (Phi) is 5.73. The number of rotatable bonds is 4. The Morgan fingerprint density at radius 3 is 1.73 bits per heavy atom. The van der Waals surface area contributed by atoms with Crippen molar-refractivity contribution in [1.82, 2.24) is 0 Å². The largest absolute Gasteiger partial charge is 0.310 e. The first-order valence-corrected chi connectivity index (χ1v) is 15.6. The summed E-state index contributed by atoms with van der Waals surface area (Å²) in [6, 6.07) is 48.5. The van der Waals surface area contributed by atoms with Crippen molar-refractivity contribution in [3.63, 3.8) is 0 Å². The molecule has 6 aromatic carbocycles. The SMILES string of the molecule is Brc1cc(-c2ccc3sc4ccccc4c3c2)cc(N(c2ccccc2)c2ccc3sc4ccccc4c3c2)c1. The zero-order valence-electron chi connectivity index (χ0n) is 21.3. The van der Waals surface area contributed by atoms with Gasteiger partial charge in [0.25, 0.3) is 0 Å². The summed E-state index contributed by atoms with van der Waals surface area (Å²) in [6.45, 7) is 0. The molecule has 8 aromatic rings. The summed E-state index contributed by atoms with van der Waals surface area (Å²) in [5, 5.41) is 5.24. The van der Waals surface area contributed by atoms with Gasteiger partial charge >= 0.3 is 0 Å². The summed E-state index contributed by atoms with van der Waals surface area (Å²) < 4.78 is 6.34. The number of thiophene rings is 2. The molecule has 8 rings (SSSR count). The van der Waals surface area contributed by atoms with Crippen LogP contribution in [0.5, 0.6) is 0 Å². The highest BCUT2D eigenvalue weighted by Gasteiger charge is 2.17. The molecular weight excluding hydrogens is 590 g/mol. The standard InChI is InChI=1S/C36H22BrNS2/c37-25-18-24(23-14-16-35-31(20-23)29-10-4-6-12-33(29)39-35)19-28(21-25)38(26-8-2-1-3-9-26)27-15-17-36-32(22-27)30-11-5-7-13-34(30)40-36/h1-22H. The van der Waals surface area contributed by atoms with Crippen molar-refractivity contribution in [1.29, 1.82) is 0 Å². The number of halogens is 1. The van der Waals surface area contributed by atoms with Gasteiger partial charge in [-0.15, -0.1) is 22.7 Å². The lowest BCUT2D eigenvalue weighted by atomic mass is 10.0. The Balaban J connectivity index is 1.31. The first-order valence-electron chi connectivity index (χ1n) is 13.2. The van der Waals surface area contributed by atoms with Gasteiger partial charge in [-0.1, -0.05) is 76.6 Å². The molecule has 0 saturated heterocycles. The van der Waals surface area contributed by atoms with Gasteiger partial charge in [0.2, 0.25) is 0 Å². The molecule has 1 nitrogen and oxygen atoms in total. The smallest absolute Gasteiger partial charge is 0.0479 e. The summed E-state index contributed by atoms with van der Waals surface area (Å²) in [4.78, 5) is 2.36. The van der Waals surface area contributed by atoms with Crippen LogP contribution in [0.2, 0.25) is 0 Å². The van der Waals surface area contributed by atoms with E-state index >= 15 is 0 Å². The van der Waals surface area contributed by atoms with Crippen LogP contribution in [0.3, 0.4) is 0 Å².